The van der Waals surface area contributed by atoms with Crippen molar-refractivity contribution in [1.29, 1.82) is 0 Å². The lowest BCUT2D eigenvalue weighted by Gasteiger charge is -2.48. The number of carbonyl (C=O) groups is 1. The fourth-order valence-corrected chi connectivity index (χ4v) is 3.82. The maximum Gasteiger partial charge on any atom is 0.143 e. The number of hydrogen-bond donors (Lipinski definition) is 0. The Balaban J connectivity index is 2.27. The van der Waals surface area contributed by atoms with Crippen molar-refractivity contribution in [2.24, 2.45) is 23.2 Å². The summed E-state index contributed by atoms with van der Waals surface area (Å²) in [7, 11) is 0. The van der Waals surface area contributed by atoms with E-state index in [9.17, 15) is 4.79 Å². The lowest BCUT2D eigenvalue weighted by Crippen LogP contribution is -2.46. The van der Waals surface area contributed by atoms with Crippen LogP contribution in [0.25, 0.3) is 0 Å². The van der Waals surface area contributed by atoms with Gasteiger partial charge in [0.1, 0.15) is 5.78 Å². The lowest BCUT2D eigenvalue weighted by atomic mass is 9.55. The number of hydrogen-bond acceptors (Lipinski definition) is 1. The minimum atomic E-state index is 0.169. The van der Waals surface area contributed by atoms with E-state index >= 15 is 0 Å². The highest BCUT2D eigenvalue weighted by molar-refractivity contribution is 5.87. The summed E-state index contributed by atoms with van der Waals surface area (Å²) < 4.78 is 0. The second-order valence-corrected chi connectivity index (χ2v) is 6.39. The molecule has 0 radical (unpaired) electrons. The van der Waals surface area contributed by atoms with Crippen LogP contribution in [0.2, 0.25) is 0 Å². The Morgan fingerprint density at radius 2 is 2.06 bits per heavy atom. The molecule has 0 spiro atoms. The Kier molecular flexibility index (Phi) is 2.98. The molecule has 3 atom stereocenters. The summed E-state index contributed by atoms with van der Waals surface area (Å²) in [5.74, 6) is 1.44. The van der Waals surface area contributed by atoms with Crippen molar-refractivity contribution in [2.75, 3.05) is 0 Å². The highest BCUT2D eigenvalue weighted by Gasteiger charge is 2.48. The van der Waals surface area contributed by atoms with E-state index in [2.05, 4.69) is 27.4 Å². The molecule has 1 heteroatoms. The summed E-state index contributed by atoms with van der Waals surface area (Å²) in [6.45, 7) is 10.8. The minimum Gasteiger partial charge on any atom is -0.299 e. The average molecular weight is 220 g/mol. The van der Waals surface area contributed by atoms with Crippen molar-refractivity contribution < 1.29 is 4.79 Å². The van der Waals surface area contributed by atoms with Gasteiger partial charge in [-0.3, -0.25) is 4.79 Å². The highest BCUT2D eigenvalue weighted by Crippen LogP contribution is 2.52. The molecule has 0 unspecified atom stereocenters. The monoisotopic (exact) mass is 220 g/mol. The van der Waals surface area contributed by atoms with E-state index in [-0.39, 0.29) is 17.3 Å². The molecule has 2 aliphatic carbocycles. The second kappa shape index (κ2) is 4.01. The Hall–Kier alpha value is -0.590. The third-order valence-corrected chi connectivity index (χ3v) is 4.83. The summed E-state index contributed by atoms with van der Waals surface area (Å²) in [6, 6.07) is 0. The molecular weight excluding hydrogens is 196 g/mol. The normalized spacial score (nSPS) is 40.0. The first kappa shape index (κ1) is 11.9. The fourth-order valence-electron chi connectivity index (χ4n) is 3.82. The van der Waals surface area contributed by atoms with Crippen LogP contribution in [0.4, 0.5) is 0 Å². The van der Waals surface area contributed by atoms with Gasteiger partial charge in [-0.15, -0.1) is 0 Å². The molecule has 0 aromatic rings. The van der Waals surface area contributed by atoms with Gasteiger partial charge in [-0.25, -0.2) is 0 Å². The van der Waals surface area contributed by atoms with Crippen molar-refractivity contribution in [1.82, 2.24) is 0 Å². The third-order valence-electron chi connectivity index (χ3n) is 4.83. The molecule has 2 aliphatic rings. The molecule has 2 fully saturated rings. The Morgan fingerprint density at radius 1 is 1.38 bits per heavy atom. The molecule has 1 nitrogen and oxygen atoms in total. The Labute approximate surface area is 99.3 Å². The second-order valence-electron chi connectivity index (χ2n) is 6.39. The first-order valence-corrected chi connectivity index (χ1v) is 6.67. The van der Waals surface area contributed by atoms with Crippen molar-refractivity contribution in [3.8, 4) is 0 Å². The summed E-state index contributed by atoms with van der Waals surface area (Å²) in [6.07, 6.45) is 5.82. The molecule has 0 aromatic carbocycles. The van der Waals surface area contributed by atoms with Crippen LogP contribution in [0.3, 0.4) is 0 Å². The van der Waals surface area contributed by atoms with E-state index in [4.69, 9.17) is 0 Å². The van der Waals surface area contributed by atoms with E-state index < -0.39 is 0 Å². The van der Waals surface area contributed by atoms with E-state index in [1.807, 2.05) is 0 Å². The molecule has 2 saturated carbocycles. The van der Waals surface area contributed by atoms with Gasteiger partial charge >= 0.3 is 0 Å². The fraction of sp³-hybridized carbons (Fsp3) is 0.800. The van der Waals surface area contributed by atoms with Crippen LogP contribution >= 0.6 is 0 Å². The van der Waals surface area contributed by atoms with Gasteiger partial charge in [0.05, 0.1) is 0 Å². The topological polar surface area (TPSA) is 17.1 Å². The number of ketones is 1. The largest absolute Gasteiger partial charge is 0.299 e. The predicted molar refractivity (Wildman–Crippen MR) is 67.2 cm³/mol. The van der Waals surface area contributed by atoms with Crippen LogP contribution in [-0.2, 0) is 4.79 Å². The quantitative estimate of drug-likeness (QED) is 0.611. The van der Waals surface area contributed by atoms with E-state index in [1.54, 1.807) is 0 Å². The summed E-state index contributed by atoms with van der Waals surface area (Å²) in [5.41, 5.74) is 1.45. The molecule has 0 aliphatic heterocycles. The molecule has 0 N–H and O–H groups in total. The zero-order valence-corrected chi connectivity index (χ0v) is 10.9. The maximum absolute atomic E-state index is 12.6. The lowest BCUT2D eigenvalue weighted by molar-refractivity contribution is -0.136. The van der Waals surface area contributed by atoms with Crippen LogP contribution in [0.15, 0.2) is 12.2 Å². The van der Waals surface area contributed by atoms with Gasteiger partial charge in [-0.1, -0.05) is 32.9 Å². The molecule has 2 rings (SSSR count). The van der Waals surface area contributed by atoms with E-state index in [1.165, 1.54) is 24.8 Å². The smallest absolute Gasteiger partial charge is 0.143 e. The molecule has 0 aromatic heterocycles. The molecule has 0 heterocycles. The Morgan fingerprint density at radius 3 is 2.69 bits per heavy atom. The zero-order valence-electron chi connectivity index (χ0n) is 10.9. The van der Waals surface area contributed by atoms with Crippen LogP contribution < -0.4 is 0 Å². The molecular formula is C15H24O. The first-order chi connectivity index (χ1) is 7.46. The number of Topliss-reactive ketones (excluding diaryl/α,β-unsaturated/α-hetero) is 1. The third kappa shape index (κ3) is 1.74. The van der Waals surface area contributed by atoms with Gasteiger partial charge in [0, 0.05) is 11.8 Å². The van der Waals surface area contributed by atoms with E-state index in [0.717, 1.165) is 12.8 Å². The number of allylic oxidation sites excluding steroid dienone is 1. The standard InChI is InChI=1S/C15H24O/c1-10(2)12-7-9-15(4)8-5-6-11(3)13(15)14(12)16/h10,12-13H,3,5-9H2,1-2,4H3/t12-,13+,15-/m1/s1. The number of fused-ring (bicyclic) bond motifs is 1. The van der Waals surface area contributed by atoms with Gasteiger partial charge in [0.2, 0.25) is 0 Å². The van der Waals surface area contributed by atoms with Gasteiger partial charge in [0.15, 0.2) is 0 Å². The maximum atomic E-state index is 12.6. The van der Waals surface area contributed by atoms with Crippen LogP contribution in [-0.4, -0.2) is 5.78 Å². The number of rotatable bonds is 1. The van der Waals surface area contributed by atoms with Crippen molar-refractivity contribution in [3.63, 3.8) is 0 Å². The molecule has 90 valence electrons. The minimum absolute atomic E-state index is 0.169. The van der Waals surface area contributed by atoms with E-state index in [0.29, 0.717) is 11.7 Å². The predicted octanol–water partition coefficient (Wildman–Crippen LogP) is 3.98. The van der Waals surface area contributed by atoms with Crippen molar-refractivity contribution >= 4 is 5.78 Å². The van der Waals surface area contributed by atoms with Crippen LogP contribution in [0.1, 0.15) is 52.9 Å². The van der Waals surface area contributed by atoms with Gasteiger partial charge < -0.3 is 0 Å². The molecule has 0 bridgehead atoms. The van der Waals surface area contributed by atoms with Crippen LogP contribution in [0, 0.1) is 23.2 Å². The zero-order chi connectivity index (χ0) is 11.9. The molecule has 0 saturated heterocycles. The number of carbonyl (C=O) groups excluding carboxylic acids is 1. The van der Waals surface area contributed by atoms with Crippen molar-refractivity contribution in [3.05, 3.63) is 12.2 Å². The summed E-state index contributed by atoms with van der Waals surface area (Å²) in [5, 5.41) is 0. The SMILES string of the molecule is C=C1CCC[C@]2(C)CC[C@H](C(C)C)C(=O)[C@H]12. The molecule has 16 heavy (non-hydrogen) atoms. The highest BCUT2D eigenvalue weighted by atomic mass is 16.1. The van der Waals surface area contributed by atoms with Crippen LogP contribution in [0.5, 0.6) is 0 Å². The summed E-state index contributed by atoms with van der Waals surface area (Å²) in [4.78, 5) is 12.6. The van der Waals surface area contributed by atoms with Gasteiger partial charge in [0.25, 0.3) is 0 Å². The van der Waals surface area contributed by atoms with Crippen molar-refractivity contribution in [2.45, 2.75) is 52.9 Å². The van der Waals surface area contributed by atoms with Gasteiger partial charge in [-0.2, -0.15) is 0 Å². The Bertz CT molecular complexity index is 315. The average Bonchev–Trinajstić information content (AvgIpc) is 2.16. The molecule has 0 amide bonds. The summed E-state index contributed by atoms with van der Waals surface area (Å²) >= 11 is 0. The van der Waals surface area contributed by atoms with Gasteiger partial charge in [-0.05, 0) is 43.4 Å². The first-order valence-electron chi connectivity index (χ1n) is 6.67.